The Morgan fingerprint density at radius 2 is 2.16 bits per heavy atom. The maximum atomic E-state index is 13.7. The first-order chi connectivity index (χ1) is 15.0. The maximum absolute atomic E-state index is 13.7. The van der Waals surface area contributed by atoms with Gasteiger partial charge in [-0.3, -0.25) is 9.69 Å². The van der Waals surface area contributed by atoms with E-state index in [4.69, 9.17) is 9.47 Å². The van der Waals surface area contributed by atoms with Gasteiger partial charge < -0.3 is 14.5 Å². The highest BCUT2D eigenvalue weighted by atomic mass is 19.1. The Morgan fingerprint density at radius 3 is 2.90 bits per heavy atom. The fourth-order valence-electron chi connectivity index (χ4n) is 3.87. The van der Waals surface area contributed by atoms with Gasteiger partial charge >= 0.3 is 5.97 Å². The Balaban J connectivity index is 1.62. The molecule has 0 spiro atoms. The average Bonchev–Trinajstić information content (AvgIpc) is 3.25. The number of hydrogen-bond donors (Lipinski definition) is 1. The number of benzene rings is 2. The third kappa shape index (κ3) is 5.15. The van der Waals surface area contributed by atoms with E-state index in [1.165, 1.54) is 19.2 Å². The Bertz CT molecular complexity index is 1140. The van der Waals surface area contributed by atoms with Crippen molar-refractivity contribution in [3.63, 3.8) is 0 Å². The van der Waals surface area contributed by atoms with Crippen LogP contribution in [0.15, 0.2) is 47.3 Å². The molecule has 1 fully saturated rings. The van der Waals surface area contributed by atoms with Gasteiger partial charge in [-0.25, -0.2) is 14.2 Å². The molecule has 7 nitrogen and oxygen atoms in total. The lowest BCUT2D eigenvalue weighted by molar-refractivity contribution is 0.0600. The van der Waals surface area contributed by atoms with Crippen LogP contribution in [0.2, 0.25) is 0 Å². The molecule has 162 valence electrons. The molecule has 1 aliphatic heterocycles. The van der Waals surface area contributed by atoms with Crippen molar-refractivity contribution in [2.24, 2.45) is 0 Å². The summed E-state index contributed by atoms with van der Waals surface area (Å²) in [6.45, 7) is 2.21. The quantitative estimate of drug-likeness (QED) is 0.586. The molecule has 8 heteroatoms. The molecule has 31 heavy (non-hydrogen) atoms. The number of aromatic nitrogens is 2. The smallest absolute Gasteiger partial charge is 0.337 e. The van der Waals surface area contributed by atoms with Crippen LogP contribution in [0.25, 0.3) is 10.9 Å². The third-order valence-electron chi connectivity index (χ3n) is 5.33. The first-order valence-electron chi connectivity index (χ1n) is 10.2. The largest absolute Gasteiger partial charge is 0.465 e. The second-order valence-electron chi connectivity index (χ2n) is 7.67. The van der Waals surface area contributed by atoms with Gasteiger partial charge in [0.2, 0.25) is 0 Å². The lowest BCUT2D eigenvalue weighted by Crippen LogP contribution is -2.32. The van der Waals surface area contributed by atoms with E-state index >= 15 is 0 Å². The number of carbonyl (C=O) groups excluding carboxylic acids is 1. The van der Waals surface area contributed by atoms with Crippen molar-refractivity contribution in [2.45, 2.75) is 32.0 Å². The summed E-state index contributed by atoms with van der Waals surface area (Å²) in [7, 11) is 1.30. The molecule has 1 unspecified atom stereocenters. The van der Waals surface area contributed by atoms with Gasteiger partial charge in [-0.05, 0) is 48.7 Å². The molecule has 1 aliphatic rings. The molecular weight excluding hydrogens is 401 g/mol. The molecule has 3 aromatic rings. The van der Waals surface area contributed by atoms with Crippen molar-refractivity contribution >= 4 is 16.9 Å². The minimum atomic E-state index is -0.489. The molecule has 0 saturated carbocycles. The molecule has 1 saturated heterocycles. The minimum Gasteiger partial charge on any atom is -0.465 e. The summed E-state index contributed by atoms with van der Waals surface area (Å²) in [5.74, 6) is -0.312. The summed E-state index contributed by atoms with van der Waals surface area (Å²) in [5, 5.41) is 0.396. The Morgan fingerprint density at radius 1 is 1.29 bits per heavy atom. The Kier molecular flexibility index (Phi) is 6.39. The molecule has 0 amide bonds. The standard InChI is InChI=1S/C23H24FN3O4/c1-30-23(29)16-7-8-19-20(11-16)25-21(26-22(19)28)14-27(13-18-6-3-9-31-18)12-15-4-2-5-17(24)10-15/h2,4-5,7-8,10-11,18H,3,6,9,12-14H2,1H3,(H,25,26,28). The van der Waals surface area contributed by atoms with Crippen LogP contribution in [-0.2, 0) is 22.6 Å². The van der Waals surface area contributed by atoms with E-state index < -0.39 is 5.97 Å². The van der Waals surface area contributed by atoms with Crippen LogP contribution in [0, 0.1) is 5.82 Å². The van der Waals surface area contributed by atoms with Gasteiger partial charge in [-0.1, -0.05) is 12.1 Å². The highest BCUT2D eigenvalue weighted by Crippen LogP contribution is 2.18. The zero-order valence-corrected chi connectivity index (χ0v) is 17.3. The number of aromatic amines is 1. The highest BCUT2D eigenvalue weighted by molar-refractivity contribution is 5.93. The van der Waals surface area contributed by atoms with Gasteiger partial charge in [0.1, 0.15) is 11.6 Å². The zero-order valence-electron chi connectivity index (χ0n) is 17.3. The van der Waals surface area contributed by atoms with Gasteiger partial charge in [0, 0.05) is 19.7 Å². The third-order valence-corrected chi connectivity index (χ3v) is 5.33. The van der Waals surface area contributed by atoms with E-state index in [-0.39, 0.29) is 17.5 Å². The van der Waals surface area contributed by atoms with Crippen molar-refractivity contribution in [1.82, 2.24) is 14.9 Å². The summed E-state index contributed by atoms with van der Waals surface area (Å²) >= 11 is 0. The van der Waals surface area contributed by atoms with E-state index in [1.807, 2.05) is 6.07 Å². The van der Waals surface area contributed by atoms with E-state index in [1.54, 1.807) is 24.3 Å². The molecule has 2 heterocycles. The maximum Gasteiger partial charge on any atom is 0.337 e. The summed E-state index contributed by atoms with van der Waals surface area (Å²) in [6.07, 6.45) is 2.07. The predicted molar refractivity (Wildman–Crippen MR) is 113 cm³/mol. The molecule has 1 N–H and O–H groups in total. The summed E-state index contributed by atoms with van der Waals surface area (Å²) in [4.78, 5) is 33.9. The van der Waals surface area contributed by atoms with Crippen molar-refractivity contribution in [2.75, 3.05) is 20.3 Å². The number of rotatable bonds is 7. The molecule has 0 aliphatic carbocycles. The zero-order chi connectivity index (χ0) is 21.8. The van der Waals surface area contributed by atoms with Crippen molar-refractivity contribution in [1.29, 1.82) is 0 Å². The molecule has 2 aromatic carbocycles. The second-order valence-corrected chi connectivity index (χ2v) is 7.67. The number of ether oxygens (including phenoxy) is 2. The molecule has 0 radical (unpaired) electrons. The normalized spacial score (nSPS) is 16.2. The van der Waals surface area contributed by atoms with E-state index in [0.717, 1.165) is 25.0 Å². The molecular formula is C23H24FN3O4. The van der Waals surface area contributed by atoms with Crippen molar-refractivity contribution in [3.8, 4) is 0 Å². The van der Waals surface area contributed by atoms with Crippen LogP contribution < -0.4 is 5.56 Å². The number of hydrogen-bond acceptors (Lipinski definition) is 6. The van der Waals surface area contributed by atoms with Crippen molar-refractivity contribution in [3.05, 3.63) is 75.6 Å². The second kappa shape index (κ2) is 9.36. The fraction of sp³-hybridized carbons (Fsp3) is 0.348. The van der Waals surface area contributed by atoms with Gasteiger partial charge in [0.05, 0.1) is 36.2 Å². The van der Waals surface area contributed by atoms with E-state index in [0.29, 0.717) is 41.9 Å². The molecule has 1 aromatic heterocycles. The molecule has 4 rings (SSSR count). The van der Waals surface area contributed by atoms with Gasteiger partial charge in [-0.2, -0.15) is 0 Å². The monoisotopic (exact) mass is 425 g/mol. The predicted octanol–water partition coefficient (Wildman–Crippen LogP) is 3.03. The van der Waals surface area contributed by atoms with Crippen LogP contribution in [0.4, 0.5) is 4.39 Å². The number of fused-ring (bicyclic) bond motifs is 1. The van der Waals surface area contributed by atoms with Gasteiger partial charge in [-0.15, -0.1) is 0 Å². The number of carbonyl (C=O) groups is 1. The number of esters is 1. The summed E-state index contributed by atoms with van der Waals surface area (Å²) in [5.41, 5.74) is 1.30. The number of halogens is 1. The SMILES string of the molecule is COC(=O)c1ccc2c(=O)[nH]c(CN(Cc3cccc(F)c3)CC3CCCO3)nc2c1. The number of nitrogens with zero attached hydrogens (tertiary/aromatic N) is 2. The molecule has 1 atom stereocenters. The fourth-order valence-corrected chi connectivity index (χ4v) is 3.87. The number of H-pyrrole nitrogens is 1. The minimum absolute atomic E-state index is 0.0895. The highest BCUT2D eigenvalue weighted by Gasteiger charge is 2.21. The molecule has 0 bridgehead atoms. The number of methoxy groups -OCH3 is 1. The van der Waals surface area contributed by atoms with Crippen LogP contribution in [0.1, 0.15) is 34.6 Å². The Hall–Kier alpha value is -3.10. The summed E-state index contributed by atoms with van der Waals surface area (Å²) in [6, 6.07) is 11.1. The lowest BCUT2D eigenvalue weighted by Gasteiger charge is -2.25. The Labute approximate surface area is 178 Å². The van der Waals surface area contributed by atoms with Crippen LogP contribution >= 0.6 is 0 Å². The van der Waals surface area contributed by atoms with Crippen LogP contribution in [0.5, 0.6) is 0 Å². The first-order valence-corrected chi connectivity index (χ1v) is 10.2. The average molecular weight is 425 g/mol. The van der Waals surface area contributed by atoms with E-state index in [2.05, 4.69) is 14.9 Å². The van der Waals surface area contributed by atoms with Crippen LogP contribution in [0.3, 0.4) is 0 Å². The van der Waals surface area contributed by atoms with Gasteiger partial charge in [0.25, 0.3) is 5.56 Å². The van der Waals surface area contributed by atoms with Crippen LogP contribution in [-0.4, -0.2) is 47.2 Å². The van der Waals surface area contributed by atoms with E-state index in [9.17, 15) is 14.0 Å². The number of nitrogens with one attached hydrogen (secondary N) is 1. The van der Waals surface area contributed by atoms with Gasteiger partial charge in [0.15, 0.2) is 0 Å². The summed E-state index contributed by atoms with van der Waals surface area (Å²) < 4.78 is 24.2. The first kappa shape index (κ1) is 21.1. The lowest BCUT2D eigenvalue weighted by atomic mass is 10.1. The van der Waals surface area contributed by atoms with Crippen molar-refractivity contribution < 1.29 is 18.7 Å². The topological polar surface area (TPSA) is 84.5 Å².